The van der Waals surface area contributed by atoms with Crippen LogP contribution in [0.3, 0.4) is 0 Å². The molecule has 0 amide bonds. The van der Waals surface area contributed by atoms with Gasteiger partial charge >= 0.3 is 0 Å². The van der Waals surface area contributed by atoms with Crippen molar-refractivity contribution in [2.24, 2.45) is 5.92 Å². The Morgan fingerprint density at radius 2 is 1.26 bits per heavy atom. The van der Waals surface area contributed by atoms with E-state index in [1.54, 1.807) is 0 Å². The molecule has 0 aromatic rings. The molecule has 0 aromatic heterocycles. The van der Waals surface area contributed by atoms with Gasteiger partial charge in [-0.05, 0) is 18.8 Å². The van der Waals surface area contributed by atoms with E-state index < -0.39 is 0 Å². The van der Waals surface area contributed by atoms with Crippen molar-refractivity contribution < 1.29 is 9.84 Å². The summed E-state index contributed by atoms with van der Waals surface area (Å²) < 4.78 is 5.32. The number of rotatable bonds is 18. The highest BCUT2D eigenvalue weighted by molar-refractivity contribution is 4.74. The van der Waals surface area contributed by atoms with Crippen LogP contribution in [-0.2, 0) is 4.74 Å². The molecule has 2 heteroatoms. The van der Waals surface area contributed by atoms with Crippen LogP contribution in [0.2, 0.25) is 0 Å². The van der Waals surface area contributed by atoms with Crippen LogP contribution in [-0.4, -0.2) is 24.4 Å². The van der Waals surface area contributed by atoms with Gasteiger partial charge in [-0.25, -0.2) is 0 Å². The van der Waals surface area contributed by atoms with Crippen LogP contribution in [0.15, 0.2) is 0 Å². The SMILES string of the molecule is CCCCCCCCCCCCCCCC(CCO)CC1CO1. The summed E-state index contributed by atoms with van der Waals surface area (Å²) >= 11 is 0. The van der Waals surface area contributed by atoms with E-state index in [1.165, 1.54) is 96.3 Å². The monoisotopic (exact) mass is 326 g/mol. The molecule has 138 valence electrons. The van der Waals surface area contributed by atoms with E-state index in [0.717, 1.165) is 13.0 Å². The van der Waals surface area contributed by atoms with Crippen molar-refractivity contribution in [3.63, 3.8) is 0 Å². The molecule has 2 nitrogen and oxygen atoms in total. The van der Waals surface area contributed by atoms with E-state index in [4.69, 9.17) is 9.84 Å². The van der Waals surface area contributed by atoms with Crippen molar-refractivity contribution >= 4 is 0 Å². The van der Waals surface area contributed by atoms with Gasteiger partial charge in [0.2, 0.25) is 0 Å². The molecule has 1 aliphatic rings. The molecule has 0 aliphatic carbocycles. The van der Waals surface area contributed by atoms with Crippen molar-refractivity contribution in [3.05, 3.63) is 0 Å². The van der Waals surface area contributed by atoms with E-state index in [1.807, 2.05) is 0 Å². The third kappa shape index (κ3) is 14.0. The average Bonchev–Trinajstić information content (AvgIpc) is 3.36. The summed E-state index contributed by atoms with van der Waals surface area (Å²) in [6.45, 7) is 3.59. The molecule has 1 N–H and O–H groups in total. The van der Waals surface area contributed by atoms with Crippen molar-refractivity contribution in [2.75, 3.05) is 13.2 Å². The first kappa shape index (κ1) is 21.0. The molecular formula is C21H42O2. The molecular weight excluding hydrogens is 284 g/mol. The maximum atomic E-state index is 9.13. The topological polar surface area (TPSA) is 32.8 Å². The molecule has 1 heterocycles. The Labute approximate surface area is 145 Å². The van der Waals surface area contributed by atoms with E-state index in [0.29, 0.717) is 18.6 Å². The lowest BCUT2D eigenvalue weighted by atomic mass is 9.93. The number of hydrogen-bond acceptors (Lipinski definition) is 2. The van der Waals surface area contributed by atoms with E-state index in [-0.39, 0.29) is 0 Å². The Balaban J connectivity index is 1.76. The fourth-order valence-corrected chi connectivity index (χ4v) is 3.59. The molecule has 0 aromatic carbocycles. The van der Waals surface area contributed by atoms with Gasteiger partial charge in [0.1, 0.15) is 0 Å². The molecule has 1 saturated heterocycles. The Bertz CT molecular complexity index is 238. The zero-order valence-corrected chi connectivity index (χ0v) is 15.7. The zero-order valence-electron chi connectivity index (χ0n) is 15.7. The van der Waals surface area contributed by atoms with Crippen molar-refractivity contribution in [3.8, 4) is 0 Å². The first-order chi connectivity index (χ1) is 11.4. The van der Waals surface area contributed by atoms with Crippen molar-refractivity contribution in [1.82, 2.24) is 0 Å². The third-order valence-corrected chi connectivity index (χ3v) is 5.25. The van der Waals surface area contributed by atoms with Gasteiger partial charge < -0.3 is 9.84 Å². The minimum atomic E-state index is 0.343. The van der Waals surface area contributed by atoms with Gasteiger partial charge in [0.25, 0.3) is 0 Å². The molecule has 0 spiro atoms. The molecule has 2 atom stereocenters. The first-order valence-electron chi connectivity index (χ1n) is 10.6. The first-order valence-corrected chi connectivity index (χ1v) is 10.6. The summed E-state index contributed by atoms with van der Waals surface area (Å²) in [6, 6.07) is 0. The highest BCUT2D eigenvalue weighted by atomic mass is 16.6. The minimum absolute atomic E-state index is 0.343. The maximum absolute atomic E-state index is 9.13. The molecule has 23 heavy (non-hydrogen) atoms. The van der Waals surface area contributed by atoms with Crippen molar-refractivity contribution in [2.45, 2.75) is 116 Å². The van der Waals surface area contributed by atoms with Crippen LogP contribution in [0.5, 0.6) is 0 Å². The maximum Gasteiger partial charge on any atom is 0.0812 e. The second kappa shape index (κ2) is 15.4. The van der Waals surface area contributed by atoms with Gasteiger partial charge in [-0.3, -0.25) is 0 Å². The number of ether oxygens (including phenoxy) is 1. The van der Waals surface area contributed by atoms with Crippen LogP contribution < -0.4 is 0 Å². The smallest absolute Gasteiger partial charge is 0.0812 e. The molecule has 0 bridgehead atoms. The lowest BCUT2D eigenvalue weighted by Crippen LogP contribution is -2.06. The molecule has 0 saturated carbocycles. The molecule has 0 radical (unpaired) electrons. The standard InChI is InChI=1S/C21H42O2/c1-2-3-4-5-6-7-8-9-10-11-12-13-14-15-20(16-17-22)18-21-19-23-21/h20-22H,2-19H2,1H3. The molecule has 1 fully saturated rings. The summed E-state index contributed by atoms with van der Waals surface area (Å²) in [6.07, 6.45) is 22.4. The lowest BCUT2D eigenvalue weighted by molar-refractivity contribution is 0.233. The highest BCUT2D eigenvalue weighted by Gasteiger charge is 2.25. The second-order valence-corrected chi connectivity index (χ2v) is 7.60. The van der Waals surface area contributed by atoms with Crippen LogP contribution in [0, 0.1) is 5.92 Å². The average molecular weight is 327 g/mol. The lowest BCUT2D eigenvalue weighted by Gasteiger charge is -2.14. The molecule has 1 aliphatic heterocycles. The highest BCUT2D eigenvalue weighted by Crippen LogP contribution is 2.26. The summed E-state index contributed by atoms with van der Waals surface area (Å²) in [5, 5.41) is 9.13. The summed E-state index contributed by atoms with van der Waals surface area (Å²) in [4.78, 5) is 0. The van der Waals surface area contributed by atoms with Crippen LogP contribution in [0.25, 0.3) is 0 Å². The van der Waals surface area contributed by atoms with Crippen LogP contribution in [0.1, 0.15) is 110 Å². The van der Waals surface area contributed by atoms with Gasteiger partial charge in [0, 0.05) is 6.61 Å². The summed E-state index contributed by atoms with van der Waals surface area (Å²) in [5.74, 6) is 0.695. The van der Waals surface area contributed by atoms with Gasteiger partial charge in [0.15, 0.2) is 0 Å². The predicted molar refractivity (Wildman–Crippen MR) is 99.9 cm³/mol. The molecule has 2 unspecified atom stereocenters. The van der Waals surface area contributed by atoms with Gasteiger partial charge in [-0.2, -0.15) is 0 Å². The fourth-order valence-electron chi connectivity index (χ4n) is 3.59. The largest absolute Gasteiger partial charge is 0.396 e. The van der Waals surface area contributed by atoms with Crippen LogP contribution >= 0.6 is 0 Å². The number of epoxide rings is 1. The zero-order chi connectivity index (χ0) is 16.6. The molecule has 1 rings (SSSR count). The third-order valence-electron chi connectivity index (χ3n) is 5.25. The second-order valence-electron chi connectivity index (χ2n) is 7.60. The van der Waals surface area contributed by atoms with E-state index in [9.17, 15) is 0 Å². The number of unbranched alkanes of at least 4 members (excludes halogenated alkanes) is 12. The van der Waals surface area contributed by atoms with Gasteiger partial charge in [-0.1, -0.05) is 96.8 Å². The minimum Gasteiger partial charge on any atom is -0.396 e. The number of hydrogen-bond donors (Lipinski definition) is 1. The summed E-state index contributed by atoms with van der Waals surface area (Å²) in [7, 11) is 0. The number of aliphatic hydroxyl groups is 1. The van der Waals surface area contributed by atoms with Crippen molar-refractivity contribution in [1.29, 1.82) is 0 Å². The fraction of sp³-hybridized carbons (Fsp3) is 1.00. The summed E-state index contributed by atoms with van der Waals surface area (Å²) in [5.41, 5.74) is 0. The van der Waals surface area contributed by atoms with Gasteiger partial charge in [0.05, 0.1) is 12.7 Å². The Morgan fingerprint density at radius 3 is 1.70 bits per heavy atom. The Hall–Kier alpha value is -0.0800. The van der Waals surface area contributed by atoms with Gasteiger partial charge in [-0.15, -0.1) is 0 Å². The Morgan fingerprint density at radius 1 is 0.783 bits per heavy atom. The Kier molecular flexibility index (Phi) is 14.1. The van der Waals surface area contributed by atoms with E-state index in [2.05, 4.69) is 6.92 Å². The predicted octanol–water partition coefficient (Wildman–Crippen LogP) is 6.26. The normalized spacial score (nSPS) is 18.3. The number of aliphatic hydroxyl groups excluding tert-OH is 1. The van der Waals surface area contributed by atoms with E-state index >= 15 is 0 Å². The van der Waals surface area contributed by atoms with Crippen LogP contribution in [0.4, 0.5) is 0 Å². The quantitative estimate of drug-likeness (QED) is 0.238.